The zero-order valence-electron chi connectivity index (χ0n) is 11.6. The average Bonchev–Trinajstić information content (AvgIpc) is 3.13. The van der Waals surface area contributed by atoms with Crippen molar-refractivity contribution in [2.45, 2.75) is 76.2 Å². The fourth-order valence-electron chi connectivity index (χ4n) is 3.38. The number of hydrogen-bond donors (Lipinski definition) is 1. The van der Waals surface area contributed by atoms with E-state index >= 15 is 0 Å². The third kappa shape index (κ3) is 2.67. The molecule has 0 bridgehead atoms. The van der Waals surface area contributed by atoms with Gasteiger partial charge in [-0.25, -0.2) is 4.68 Å². The molecule has 0 aromatic carbocycles. The summed E-state index contributed by atoms with van der Waals surface area (Å²) in [5.41, 5.74) is 0.841. The van der Waals surface area contributed by atoms with E-state index < -0.39 is 6.10 Å². The number of nitrogens with zero attached hydrogens (tertiary/aromatic N) is 3. The van der Waals surface area contributed by atoms with Crippen molar-refractivity contribution in [1.82, 2.24) is 15.0 Å². The Bertz CT molecular complexity index is 426. The molecule has 1 N–H and O–H groups in total. The second kappa shape index (κ2) is 5.21. The molecule has 1 saturated carbocycles. The lowest BCUT2D eigenvalue weighted by molar-refractivity contribution is -0.0430. The molecule has 2 fully saturated rings. The Kier molecular flexibility index (Phi) is 3.58. The van der Waals surface area contributed by atoms with Crippen LogP contribution in [0.5, 0.6) is 0 Å². The second-order valence-corrected chi connectivity index (χ2v) is 5.96. The summed E-state index contributed by atoms with van der Waals surface area (Å²) in [7, 11) is 0. The Morgan fingerprint density at radius 2 is 2.26 bits per heavy atom. The first-order valence-corrected chi connectivity index (χ1v) is 7.47. The molecule has 2 heterocycles. The zero-order chi connectivity index (χ0) is 13.3. The van der Waals surface area contributed by atoms with Gasteiger partial charge in [-0.2, -0.15) is 0 Å². The summed E-state index contributed by atoms with van der Waals surface area (Å²) in [6.45, 7) is 2.69. The van der Waals surface area contributed by atoms with E-state index in [4.69, 9.17) is 4.74 Å². The van der Waals surface area contributed by atoms with Crippen molar-refractivity contribution in [3.63, 3.8) is 0 Å². The van der Waals surface area contributed by atoms with Crippen molar-refractivity contribution in [3.8, 4) is 0 Å². The monoisotopic (exact) mass is 265 g/mol. The van der Waals surface area contributed by atoms with E-state index in [2.05, 4.69) is 10.3 Å². The predicted molar refractivity (Wildman–Crippen MR) is 70.6 cm³/mol. The Hall–Kier alpha value is -0.940. The first kappa shape index (κ1) is 13.1. The Labute approximate surface area is 114 Å². The molecule has 3 rings (SSSR count). The fourth-order valence-corrected chi connectivity index (χ4v) is 3.38. The lowest BCUT2D eigenvalue weighted by Crippen LogP contribution is -2.26. The topological polar surface area (TPSA) is 60.2 Å². The van der Waals surface area contributed by atoms with Gasteiger partial charge in [0.25, 0.3) is 0 Å². The average molecular weight is 265 g/mol. The maximum Gasteiger partial charge on any atom is 0.111 e. The summed E-state index contributed by atoms with van der Waals surface area (Å²) < 4.78 is 8.07. The molecule has 19 heavy (non-hydrogen) atoms. The van der Waals surface area contributed by atoms with Gasteiger partial charge < -0.3 is 9.84 Å². The Morgan fingerprint density at radius 3 is 3.00 bits per heavy atom. The molecule has 2 atom stereocenters. The van der Waals surface area contributed by atoms with E-state index in [1.807, 2.05) is 17.8 Å². The van der Waals surface area contributed by atoms with Gasteiger partial charge in [0.1, 0.15) is 5.69 Å². The van der Waals surface area contributed by atoms with Crippen LogP contribution in [0.4, 0.5) is 0 Å². The molecule has 2 aliphatic rings. The maximum absolute atomic E-state index is 9.72. The van der Waals surface area contributed by atoms with Crippen molar-refractivity contribution < 1.29 is 9.84 Å². The molecule has 0 amide bonds. The summed E-state index contributed by atoms with van der Waals surface area (Å²) in [6.07, 6.45) is 9.64. The highest BCUT2D eigenvalue weighted by atomic mass is 16.5. The quantitative estimate of drug-likeness (QED) is 0.906. The predicted octanol–water partition coefficient (Wildman–Crippen LogP) is 2.21. The molecule has 1 aromatic heterocycles. The van der Waals surface area contributed by atoms with Crippen LogP contribution in [-0.2, 0) is 11.3 Å². The number of aromatic nitrogens is 3. The van der Waals surface area contributed by atoms with Gasteiger partial charge >= 0.3 is 0 Å². The molecule has 1 aromatic rings. The zero-order valence-corrected chi connectivity index (χ0v) is 11.6. The fraction of sp³-hybridized carbons (Fsp3) is 0.857. The number of rotatable bonds is 4. The van der Waals surface area contributed by atoms with E-state index in [1.54, 1.807) is 0 Å². The van der Waals surface area contributed by atoms with Gasteiger partial charge in [-0.3, -0.25) is 0 Å². The highest BCUT2D eigenvalue weighted by Gasteiger charge is 2.42. The van der Waals surface area contributed by atoms with E-state index in [-0.39, 0.29) is 11.7 Å². The molecule has 1 aliphatic carbocycles. The van der Waals surface area contributed by atoms with Gasteiger partial charge in [-0.1, -0.05) is 25.0 Å². The minimum Gasteiger partial charge on any atom is -0.387 e. The van der Waals surface area contributed by atoms with Crippen molar-refractivity contribution in [2.75, 3.05) is 0 Å². The molecule has 5 heteroatoms. The van der Waals surface area contributed by atoms with E-state index in [1.165, 1.54) is 32.1 Å². The summed E-state index contributed by atoms with van der Waals surface area (Å²) in [6, 6.07) is 0. The number of ether oxygens (including phenoxy) is 1. The third-order valence-corrected chi connectivity index (χ3v) is 4.53. The molecular weight excluding hydrogens is 242 g/mol. The van der Waals surface area contributed by atoms with Crippen LogP contribution in [0.25, 0.3) is 0 Å². The maximum atomic E-state index is 9.72. The van der Waals surface area contributed by atoms with Gasteiger partial charge in [-0.15, -0.1) is 5.10 Å². The van der Waals surface area contributed by atoms with Crippen molar-refractivity contribution in [3.05, 3.63) is 11.9 Å². The van der Waals surface area contributed by atoms with E-state index in [0.717, 1.165) is 13.0 Å². The third-order valence-electron chi connectivity index (χ3n) is 4.53. The Balaban J connectivity index is 1.58. The number of aliphatic hydroxyl groups excluding tert-OH is 1. The van der Waals surface area contributed by atoms with Crippen LogP contribution in [0.15, 0.2) is 6.20 Å². The number of hydrogen-bond acceptors (Lipinski definition) is 4. The summed E-state index contributed by atoms with van der Waals surface area (Å²) in [5, 5.41) is 17.8. The number of aliphatic hydroxyl groups is 1. The molecule has 0 radical (unpaired) electrons. The largest absolute Gasteiger partial charge is 0.387 e. The SMILES string of the molecule is CCC(O)c1cn(CC2CCC3(CCCC3)O2)nn1. The normalized spacial score (nSPS) is 27.2. The summed E-state index contributed by atoms with van der Waals surface area (Å²) >= 11 is 0. The van der Waals surface area contributed by atoms with Crippen LogP contribution >= 0.6 is 0 Å². The van der Waals surface area contributed by atoms with Crippen LogP contribution in [0.1, 0.15) is 63.7 Å². The molecule has 1 saturated heterocycles. The van der Waals surface area contributed by atoms with Crippen LogP contribution in [0.3, 0.4) is 0 Å². The molecule has 2 unspecified atom stereocenters. The molecule has 1 spiro atoms. The van der Waals surface area contributed by atoms with Crippen LogP contribution < -0.4 is 0 Å². The molecule has 5 nitrogen and oxygen atoms in total. The highest BCUT2D eigenvalue weighted by molar-refractivity contribution is 4.98. The molecular formula is C14H23N3O2. The van der Waals surface area contributed by atoms with Crippen molar-refractivity contribution in [1.29, 1.82) is 0 Å². The molecule has 106 valence electrons. The highest BCUT2D eigenvalue weighted by Crippen LogP contribution is 2.43. The standard InChI is InChI=1S/C14H23N3O2/c1-2-13(18)12-10-17(16-15-12)9-11-5-8-14(19-11)6-3-4-7-14/h10-11,13,18H,2-9H2,1H3. The van der Waals surface area contributed by atoms with Gasteiger partial charge in [0.2, 0.25) is 0 Å². The smallest absolute Gasteiger partial charge is 0.111 e. The second-order valence-electron chi connectivity index (χ2n) is 5.96. The minimum absolute atomic E-state index is 0.178. The lowest BCUT2D eigenvalue weighted by atomic mass is 9.98. The minimum atomic E-state index is -0.501. The first-order chi connectivity index (χ1) is 9.21. The Morgan fingerprint density at radius 1 is 1.47 bits per heavy atom. The molecule has 1 aliphatic heterocycles. The van der Waals surface area contributed by atoms with Gasteiger partial charge in [0, 0.05) is 0 Å². The first-order valence-electron chi connectivity index (χ1n) is 7.47. The summed E-state index contributed by atoms with van der Waals surface area (Å²) in [4.78, 5) is 0. The van der Waals surface area contributed by atoms with Crippen LogP contribution in [-0.4, -0.2) is 31.8 Å². The van der Waals surface area contributed by atoms with Crippen LogP contribution in [0, 0.1) is 0 Å². The van der Waals surface area contributed by atoms with E-state index in [0.29, 0.717) is 12.1 Å². The van der Waals surface area contributed by atoms with Crippen molar-refractivity contribution >= 4 is 0 Å². The van der Waals surface area contributed by atoms with Gasteiger partial charge in [0.15, 0.2) is 0 Å². The van der Waals surface area contributed by atoms with Gasteiger partial charge in [-0.05, 0) is 32.1 Å². The summed E-state index contributed by atoms with van der Waals surface area (Å²) in [5.74, 6) is 0. The van der Waals surface area contributed by atoms with E-state index in [9.17, 15) is 5.11 Å². The van der Waals surface area contributed by atoms with Crippen LogP contribution in [0.2, 0.25) is 0 Å². The van der Waals surface area contributed by atoms with Gasteiger partial charge in [0.05, 0.1) is 30.6 Å². The van der Waals surface area contributed by atoms with Crippen molar-refractivity contribution in [2.24, 2.45) is 0 Å². The lowest BCUT2D eigenvalue weighted by Gasteiger charge is -2.23.